The van der Waals surface area contributed by atoms with Gasteiger partial charge < -0.3 is 0 Å². The van der Waals surface area contributed by atoms with Gasteiger partial charge in [0.1, 0.15) is 0 Å². The molecule has 1 nitrogen and oxygen atoms in total. The van der Waals surface area contributed by atoms with Crippen molar-refractivity contribution in [2.45, 2.75) is 19.3 Å². The highest BCUT2D eigenvalue weighted by molar-refractivity contribution is 5.81. The molecule has 0 aliphatic rings. The minimum atomic E-state index is -2.86. The molecule has 0 fully saturated rings. The highest BCUT2D eigenvalue weighted by Gasteiger charge is 2.12. The van der Waals surface area contributed by atoms with Crippen LogP contribution in [-0.4, -0.2) is 12.2 Å². The quantitative estimate of drug-likeness (QED) is 0.528. The van der Waals surface area contributed by atoms with Crippen LogP contribution in [-0.2, 0) is 4.79 Å². The van der Waals surface area contributed by atoms with E-state index in [-0.39, 0.29) is 12.8 Å². The molecule has 0 aromatic rings. The highest BCUT2D eigenvalue weighted by Crippen LogP contribution is 1.99. The average molecular weight is 132 g/mol. The van der Waals surface area contributed by atoms with Gasteiger partial charge in [-0.2, -0.15) is 0 Å². The van der Waals surface area contributed by atoms with Crippen LogP contribution in [0.1, 0.15) is 12.8 Å². The van der Waals surface area contributed by atoms with Crippen molar-refractivity contribution in [3.8, 4) is 12.3 Å². The first-order valence-electron chi connectivity index (χ1n) is 2.43. The third kappa shape index (κ3) is 3.65. The Morgan fingerprint density at radius 1 is 1.67 bits per heavy atom. The maximum atomic E-state index is 11.3. The van der Waals surface area contributed by atoms with Crippen molar-refractivity contribution in [1.82, 2.24) is 0 Å². The Hall–Kier alpha value is -0.910. The van der Waals surface area contributed by atoms with Gasteiger partial charge in [0.15, 0.2) is 5.78 Å². The van der Waals surface area contributed by atoms with Crippen LogP contribution >= 0.6 is 0 Å². The van der Waals surface area contributed by atoms with Crippen molar-refractivity contribution in [3.63, 3.8) is 0 Å². The molecule has 0 spiro atoms. The number of Topliss-reactive ketones (excluding diaryl/α,β-unsaturated/α-hetero) is 1. The van der Waals surface area contributed by atoms with Crippen LogP contribution in [0, 0.1) is 12.3 Å². The normalized spacial score (nSPS) is 9.11. The molecule has 0 saturated heterocycles. The molecule has 0 atom stereocenters. The van der Waals surface area contributed by atoms with Crippen LogP contribution in [0.3, 0.4) is 0 Å². The van der Waals surface area contributed by atoms with E-state index in [0.717, 1.165) is 0 Å². The van der Waals surface area contributed by atoms with Crippen LogP contribution in [0.25, 0.3) is 0 Å². The number of halogens is 2. The van der Waals surface area contributed by atoms with Gasteiger partial charge in [0.05, 0.1) is 0 Å². The van der Waals surface area contributed by atoms with Crippen molar-refractivity contribution < 1.29 is 13.6 Å². The van der Waals surface area contributed by atoms with Gasteiger partial charge in [0.25, 0.3) is 6.43 Å². The molecule has 0 heterocycles. The predicted molar refractivity (Wildman–Crippen MR) is 29.1 cm³/mol. The highest BCUT2D eigenvalue weighted by atomic mass is 19.3. The molecule has 0 aromatic heterocycles. The first kappa shape index (κ1) is 8.09. The van der Waals surface area contributed by atoms with E-state index in [1.807, 2.05) is 0 Å². The summed E-state index contributed by atoms with van der Waals surface area (Å²) in [4.78, 5) is 10.1. The molecule has 0 amide bonds. The van der Waals surface area contributed by atoms with Gasteiger partial charge in [-0.15, -0.1) is 12.3 Å². The summed E-state index contributed by atoms with van der Waals surface area (Å²) in [6.07, 6.45) is 1.75. The Morgan fingerprint density at radius 3 is 2.56 bits per heavy atom. The molecule has 9 heavy (non-hydrogen) atoms. The lowest BCUT2D eigenvalue weighted by molar-refractivity contribution is -0.129. The molecule has 3 heteroatoms. The lowest BCUT2D eigenvalue weighted by Crippen LogP contribution is -2.08. The van der Waals surface area contributed by atoms with Crippen LogP contribution in [0.5, 0.6) is 0 Å². The number of hydrogen-bond acceptors (Lipinski definition) is 1. The lowest BCUT2D eigenvalue weighted by atomic mass is 10.2. The fraction of sp³-hybridized carbons (Fsp3) is 0.500. The van der Waals surface area contributed by atoms with E-state index in [0.29, 0.717) is 0 Å². The number of carbonyl (C=O) groups is 1. The molecule has 0 aliphatic carbocycles. The molecule has 0 N–H and O–H groups in total. The maximum absolute atomic E-state index is 11.3. The second-order valence-corrected chi connectivity index (χ2v) is 1.47. The van der Waals surface area contributed by atoms with Crippen LogP contribution in [0.2, 0.25) is 0 Å². The Bertz CT molecular complexity index is 134. The first-order chi connectivity index (χ1) is 4.18. The molecular weight excluding hydrogens is 126 g/mol. The van der Waals surface area contributed by atoms with Crippen LogP contribution < -0.4 is 0 Å². The summed E-state index contributed by atoms with van der Waals surface area (Å²) in [7, 11) is 0. The van der Waals surface area contributed by atoms with Gasteiger partial charge in [-0.3, -0.25) is 4.79 Å². The first-order valence-corrected chi connectivity index (χ1v) is 2.43. The number of alkyl halides is 2. The largest absolute Gasteiger partial charge is 0.296 e. The van der Waals surface area contributed by atoms with Crippen molar-refractivity contribution in [3.05, 3.63) is 0 Å². The Kier molecular flexibility index (Phi) is 3.61. The van der Waals surface area contributed by atoms with Gasteiger partial charge in [-0.25, -0.2) is 8.78 Å². The summed E-state index contributed by atoms with van der Waals surface area (Å²) in [5.41, 5.74) is 0. The zero-order valence-electron chi connectivity index (χ0n) is 4.73. The standard InChI is InChI=1S/C6H6F2O/c1-2-3-4-5(9)6(7)8/h1,6H,3-4H2. The summed E-state index contributed by atoms with van der Waals surface area (Å²) in [6, 6.07) is 0. The zero-order chi connectivity index (χ0) is 7.28. The minimum Gasteiger partial charge on any atom is -0.293 e. The molecule has 0 radical (unpaired) electrons. The molecule has 0 saturated carbocycles. The number of carbonyl (C=O) groups excluding carboxylic acids is 1. The van der Waals surface area contributed by atoms with Gasteiger partial charge >= 0.3 is 0 Å². The number of terminal acetylenes is 1. The van der Waals surface area contributed by atoms with Crippen LogP contribution in [0.15, 0.2) is 0 Å². The predicted octanol–water partition coefficient (Wildman–Crippen LogP) is 1.23. The maximum Gasteiger partial charge on any atom is 0.296 e. The number of hydrogen-bond donors (Lipinski definition) is 0. The van der Waals surface area contributed by atoms with Crippen molar-refractivity contribution in [1.29, 1.82) is 0 Å². The summed E-state index contributed by atoms with van der Waals surface area (Å²) in [5, 5.41) is 0. The molecule has 0 aromatic carbocycles. The van der Waals surface area contributed by atoms with E-state index in [2.05, 4.69) is 5.92 Å². The fourth-order valence-corrected chi connectivity index (χ4v) is 0.304. The van der Waals surface area contributed by atoms with Gasteiger partial charge in [0, 0.05) is 12.8 Å². The molecule has 0 unspecified atom stereocenters. The third-order valence-electron chi connectivity index (χ3n) is 0.759. The number of ketones is 1. The topological polar surface area (TPSA) is 17.1 Å². The van der Waals surface area contributed by atoms with Gasteiger partial charge in [-0.05, 0) is 0 Å². The lowest BCUT2D eigenvalue weighted by Gasteiger charge is -1.91. The van der Waals surface area contributed by atoms with Gasteiger partial charge in [-0.1, -0.05) is 0 Å². The summed E-state index contributed by atoms with van der Waals surface area (Å²) < 4.78 is 22.7. The fourth-order valence-electron chi connectivity index (χ4n) is 0.304. The van der Waals surface area contributed by atoms with Crippen LogP contribution in [0.4, 0.5) is 8.78 Å². The molecule has 0 rings (SSSR count). The summed E-state index contributed by atoms with van der Waals surface area (Å²) >= 11 is 0. The second-order valence-electron chi connectivity index (χ2n) is 1.47. The van der Waals surface area contributed by atoms with E-state index in [4.69, 9.17) is 6.42 Å². The Balaban J connectivity index is 3.42. The average Bonchev–Trinajstić information content (AvgIpc) is 1.82. The number of rotatable bonds is 3. The zero-order valence-corrected chi connectivity index (χ0v) is 4.73. The van der Waals surface area contributed by atoms with E-state index >= 15 is 0 Å². The second kappa shape index (κ2) is 4.02. The van der Waals surface area contributed by atoms with E-state index in [1.54, 1.807) is 0 Å². The van der Waals surface area contributed by atoms with E-state index in [1.165, 1.54) is 0 Å². The van der Waals surface area contributed by atoms with Gasteiger partial charge in [0.2, 0.25) is 0 Å². The van der Waals surface area contributed by atoms with E-state index in [9.17, 15) is 13.6 Å². The summed E-state index contributed by atoms with van der Waals surface area (Å²) in [5.74, 6) is 1.02. The van der Waals surface area contributed by atoms with Crippen molar-refractivity contribution in [2.24, 2.45) is 0 Å². The Morgan fingerprint density at radius 2 is 2.22 bits per heavy atom. The smallest absolute Gasteiger partial charge is 0.293 e. The minimum absolute atomic E-state index is 0.100. The van der Waals surface area contributed by atoms with Crippen molar-refractivity contribution in [2.75, 3.05) is 0 Å². The van der Waals surface area contributed by atoms with Crippen molar-refractivity contribution >= 4 is 5.78 Å². The SMILES string of the molecule is C#CCCC(=O)C(F)F. The molecular formula is C6H6F2O. The monoisotopic (exact) mass is 132 g/mol. The third-order valence-corrected chi connectivity index (χ3v) is 0.759. The summed E-state index contributed by atoms with van der Waals surface area (Å²) in [6.45, 7) is 0. The molecule has 50 valence electrons. The molecule has 0 aliphatic heterocycles. The Labute approximate surface area is 52.1 Å². The molecule has 0 bridgehead atoms. The van der Waals surface area contributed by atoms with E-state index < -0.39 is 12.2 Å².